The van der Waals surface area contributed by atoms with E-state index in [1.54, 1.807) is 31.4 Å². The van der Waals surface area contributed by atoms with Crippen LogP contribution >= 0.6 is 0 Å². The number of ether oxygens (including phenoxy) is 3. The maximum atomic E-state index is 13.0. The third kappa shape index (κ3) is 4.81. The zero-order valence-corrected chi connectivity index (χ0v) is 19.8. The van der Waals surface area contributed by atoms with Crippen molar-refractivity contribution in [1.82, 2.24) is 26.1 Å². The molecule has 1 amide bonds. The van der Waals surface area contributed by atoms with Crippen molar-refractivity contribution in [2.75, 3.05) is 64.0 Å². The molecule has 0 spiro atoms. The van der Waals surface area contributed by atoms with Gasteiger partial charge in [-0.1, -0.05) is 0 Å². The van der Waals surface area contributed by atoms with Crippen molar-refractivity contribution in [3.8, 4) is 11.5 Å². The molecule has 1 saturated heterocycles. The van der Waals surface area contributed by atoms with E-state index in [2.05, 4.69) is 36.4 Å². The average Bonchev–Trinajstić information content (AvgIpc) is 3.50. The van der Waals surface area contributed by atoms with Gasteiger partial charge in [0.05, 0.1) is 44.9 Å². The first-order valence-electron chi connectivity index (χ1n) is 11.6. The molecular weight excluding hydrogens is 452 g/mol. The largest absolute Gasteiger partial charge is 0.493 e. The SMILES string of the molecule is COc1cc2c(cc1OC)C(=O)N(C1=NC(COCNc3cnccc3N3CCNCC3)NN1)C2. The predicted molar refractivity (Wildman–Crippen MR) is 131 cm³/mol. The van der Waals surface area contributed by atoms with E-state index < -0.39 is 0 Å². The van der Waals surface area contributed by atoms with E-state index in [0.29, 0.717) is 42.9 Å². The van der Waals surface area contributed by atoms with E-state index >= 15 is 0 Å². The smallest absolute Gasteiger partial charge is 0.261 e. The monoisotopic (exact) mass is 482 g/mol. The number of fused-ring (bicyclic) bond motifs is 1. The van der Waals surface area contributed by atoms with Gasteiger partial charge in [0.15, 0.2) is 11.5 Å². The number of carbonyl (C=O) groups is 1. The number of hydrogen-bond donors (Lipinski definition) is 4. The van der Waals surface area contributed by atoms with Gasteiger partial charge < -0.3 is 29.7 Å². The van der Waals surface area contributed by atoms with Crippen LogP contribution in [0.2, 0.25) is 0 Å². The summed E-state index contributed by atoms with van der Waals surface area (Å²) in [5.41, 5.74) is 9.55. The molecule has 1 fully saturated rings. The number of amides is 1. The van der Waals surface area contributed by atoms with Gasteiger partial charge in [0, 0.05) is 37.9 Å². The third-order valence-corrected chi connectivity index (χ3v) is 6.19. The molecule has 0 saturated carbocycles. The van der Waals surface area contributed by atoms with Crippen molar-refractivity contribution in [3.63, 3.8) is 0 Å². The molecule has 0 radical (unpaired) electrons. The van der Waals surface area contributed by atoms with Crippen LogP contribution in [0.3, 0.4) is 0 Å². The zero-order chi connectivity index (χ0) is 24.2. The van der Waals surface area contributed by atoms with E-state index in [1.807, 2.05) is 18.3 Å². The van der Waals surface area contributed by atoms with Crippen LogP contribution in [0, 0.1) is 0 Å². The number of benzene rings is 1. The Morgan fingerprint density at radius 3 is 2.77 bits per heavy atom. The molecule has 1 atom stereocenters. The lowest BCUT2D eigenvalue weighted by Gasteiger charge is -2.31. The van der Waals surface area contributed by atoms with Gasteiger partial charge in [0.1, 0.15) is 12.9 Å². The Bertz CT molecular complexity index is 1100. The highest BCUT2D eigenvalue weighted by atomic mass is 16.5. The van der Waals surface area contributed by atoms with Crippen molar-refractivity contribution in [2.24, 2.45) is 4.99 Å². The molecule has 3 aliphatic heterocycles. The van der Waals surface area contributed by atoms with Gasteiger partial charge in [-0.25, -0.2) is 10.4 Å². The molecule has 4 heterocycles. The molecule has 1 aromatic heterocycles. The molecule has 5 rings (SSSR count). The van der Waals surface area contributed by atoms with Crippen LogP contribution in [0.5, 0.6) is 11.5 Å². The highest BCUT2D eigenvalue weighted by Crippen LogP contribution is 2.35. The molecule has 0 bridgehead atoms. The minimum atomic E-state index is -0.325. The number of anilines is 2. The van der Waals surface area contributed by atoms with Crippen molar-refractivity contribution in [2.45, 2.75) is 12.7 Å². The molecule has 35 heavy (non-hydrogen) atoms. The Balaban J connectivity index is 1.15. The van der Waals surface area contributed by atoms with Crippen LogP contribution in [0.15, 0.2) is 35.6 Å². The Hall–Kier alpha value is -3.61. The normalized spacial score (nSPS) is 19.3. The number of piperazine rings is 1. The Morgan fingerprint density at radius 1 is 1.17 bits per heavy atom. The standard InChI is InChI=1S/C23H30N8O4/c1-33-19-9-15-12-31(22(32)16(15)10-20(19)34-2)23-27-21(28-29-23)13-35-14-26-17-11-25-4-3-18(17)30-7-5-24-6-8-30/h3-4,9-11,21,24,26,28H,5-8,12-14H2,1-2H3,(H,27,29). The summed E-state index contributed by atoms with van der Waals surface area (Å²) in [7, 11) is 3.12. The number of hydrazine groups is 1. The summed E-state index contributed by atoms with van der Waals surface area (Å²) >= 11 is 0. The van der Waals surface area contributed by atoms with Crippen molar-refractivity contribution < 1.29 is 19.0 Å². The molecule has 12 nitrogen and oxygen atoms in total. The van der Waals surface area contributed by atoms with Crippen LogP contribution in [0.25, 0.3) is 0 Å². The molecule has 3 aliphatic rings. The van der Waals surface area contributed by atoms with Crippen LogP contribution in [0.4, 0.5) is 11.4 Å². The fraction of sp³-hybridized carbons (Fsp3) is 0.435. The van der Waals surface area contributed by atoms with Crippen LogP contribution in [-0.2, 0) is 11.3 Å². The van der Waals surface area contributed by atoms with Crippen LogP contribution in [-0.4, -0.2) is 81.7 Å². The maximum absolute atomic E-state index is 13.0. The number of methoxy groups -OCH3 is 2. The quantitative estimate of drug-likeness (QED) is 0.309. The average molecular weight is 483 g/mol. The zero-order valence-electron chi connectivity index (χ0n) is 19.8. The number of rotatable bonds is 8. The maximum Gasteiger partial charge on any atom is 0.261 e. The lowest BCUT2D eigenvalue weighted by Crippen LogP contribution is -2.44. The Labute approximate surface area is 203 Å². The van der Waals surface area contributed by atoms with Gasteiger partial charge in [-0.05, 0) is 23.8 Å². The molecule has 1 unspecified atom stereocenters. The minimum absolute atomic E-state index is 0.144. The van der Waals surface area contributed by atoms with E-state index in [4.69, 9.17) is 14.2 Å². The second kappa shape index (κ2) is 10.3. The van der Waals surface area contributed by atoms with Gasteiger partial charge in [0.25, 0.3) is 5.91 Å². The number of nitrogens with one attached hydrogen (secondary N) is 4. The fourth-order valence-electron chi connectivity index (χ4n) is 4.39. The number of hydrogen-bond acceptors (Lipinski definition) is 11. The van der Waals surface area contributed by atoms with Crippen molar-refractivity contribution in [3.05, 3.63) is 41.7 Å². The van der Waals surface area contributed by atoms with Crippen molar-refractivity contribution in [1.29, 1.82) is 0 Å². The van der Waals surface area contributed by atoms with Crippen LogP contribution < -0.4 is 35.9 Å². The van der Waals surface area contributed by atoms with E-state index in [1.165, 1.54) is 0 Å². The highest BCUT2D eigenvalue weighted by molar-refractivity contribution is 6.09. The van der Waals surface area contributed by atoms with E-state index in [9.17, 15) is 4.79 Å². The summed E-state index contributed by atoms with van der Waals surface area (Å²) in [6.45, 7) is 4.85. The highest BCUT2D eigenvalue weighted by Gasteiger charge is 2.34. The molecule has 4 N–H and O–H groups in total. The molecule has 186 valence electrons. The Kier molecular flexibility index (Phi) is 6.84. The molecule has 2 aromatic rings. The first kappa shape index (κ1) is 23.1. The van der Waals surface area contributed by atoms with E-state index in [-0.39, 0.29) is 12.1 Å². The van der Waals surface area contributed by atoms with Gasteiger partial charge in [0.2, 0.25) is 5.96 Å². The summed E-state index contributed by atoms with van der Waals surface area (Å²) in [6, 6.07) is 5.55. The summed E-state index contributed by atoms with van der Waals surface area (Å²) in [5.74, 6) is 1.43. The van der Waals surface area contributed by atoms with Gasteiger partial charge in [-0.2, -0.15) is 0 Å². The van der Waals surface area contributed by atoms with E-state index in [0.717, 1.165) is 43.1 Å². The number of nitrogens with zero attached hydrogens (tertiary/aromatic N) is 4. The first-order valence-corrected chi connectivity index (χ1v) is 11.6. The Morgan fingerprint density at radius 2 is 1.97 bits per heavy atom. The second-order valence-electron chi connectivity index (χ2n) is 8.32. The molecular formula is C23H30N8O4. The second-order valence-corrected chi connectivity index (χ2v) is 8.32. The van der Waals surface area contributed by atoms with Gasteiger partial charge in [-0.15, -0.1) is 0 Å². The number of aromatic nitrogens is 1. The number of aliphatic imine (C=N–C) groups is 1. The van der Waals surface area contributed by atoms with Gasteiger partial charge in [-0.3, -0.25) is 20.1 Å². The molecule has 12 heteroatoms. The topological polar surface area (TPSA) is 125 Å². The van der Waals surface area contributed by atoms with Crippen LogP contribution in [0.1, 0.15) is 15.9 Å². The lowest BCUT2D eigenvalue weighted by molar-refractivity contribution is 0.0862. The molecule has 1 aromatic carbocycles. The minimum Gasteiger partial charge on any atom is -0.493 e. The number of guanidine groups is 1. The summed E-state index contributed by atoms with van der Waals surface area (Å²) in [6.07, 6.45) is 3.29. The van der Waals surface area contributed by atoms with Crippen molar-refractivity contribution >= 4 is 23.2 Å². The predicted octanol–water partition coefficient (Wildman–Crippen LogP) is 0.340. The third-order valence-electron chi connectivity index (χ3n) is 6.19. The summed E-state index contributed by atoms with van der Waals surface area (Å²) in [5, 5.41) is 6.68. The number of carbonyl (C=O) groups excluding carboxylic acids is 1. The summed E-state index contributed by atoms with van der Waals surface area (Å²) < 4.78 is 16.5. The lowest BCUT2D eigenvalue weighted by atomic mass is 10.1. The fourth-order valence-corrected chi connectivity index (χ4v) is 4.39. The first-order chi connectivity index (χ1) is 17.2. The number of pyridine rings is 1. The molecule has 0 aliphatic carbocycles. The van der Waals surface area contributed by atoms with Gasteiger partial charge >= 0.3 is 0 Å². The summed E-state index contributed by atoms with van der Waals surface area (Å²) in [4.78, 5) is 25.7.